The van der Waals surface area contributed by atoms with E-state index in [1.807, 2.05) is 83.7 Å². The van der Waals surface area contributed by atoms with Crippen LogP contribution in [0.5, 0.6) is 5.75 Å². The number of hydrazone groups is 1. The average Bonchev–Trinajstić information content (AvgIpc) is 3.40. The fourth-order valence-corrected chi connectivity index (χ4v) is 4.81. The molecule has 0 aliphatic carbocycles. The predicted molar refractivity (Wildman–Crippen MR) is 132 cm³/mol. The molecule has 2 heterocycles. The quantitative estimate of drug-likeness (QED) is 0.582. The second-order valence-electron chi connectivity index (χ2n) is 8.26. The van der Waals surface area contributed by atoms with Crippen molar-refractivity contribution < 1.29 is 9.53 Å². The first-order chi connectivity index (χ1) is 16.1. The summed E-state index contributed by atoms with van der Waals surface area (Å²) in [5.41, 5.74) is 7.60. The van der Waals surface area contributed by atoms with Gasteiger partial charge in [0.2, 0.25) is 0 Å². The maximum atomic E-state index is 13.4. The number of methoxy groups -OCH3 is 1. The molecule has 2 atom stereocenters. The van der Waals surface area contributed by atoms with Gasteiger partial charge in [0.15, 0.2) is 0 Å². The minimum Gasteiger partial charge on any atom is -0.497 e. The van der Waals surface area contributed by atoms with E-state index in [-0.39, 0.29) is 17.9 Å². The van der Waals surface area contributed by atoms with Crippen molar-refractivity contribution in [3.63, 3.8) is 0 Å². The zero-order valence-electron chi connectivity index (χ0n) is 18.5. The molecule has 0 saturated heterocycles. The Hall–Kier alpha value is -3.51. The molecule has 3 aromatic rings. The molecule has 6 nitrogen and oxygen atoms in total. The molecule has 1 amide bonds. The normalized spacial score (nSPS) is 19.3. The first-order valence-corrected chi connectivity index (χ1v) is 11.4. The molecule has 168 valence electrons. The number of para-hydroxylation sites is 2. The van der Waals surface area contributed by atoms with Crippen molar-refractivity contribution in [2.45, 2.75) is 19.4 Å². The lowest BCUT2D eigenvalue weighted by atomic mass is 9.91. The summed E-state index contributed by atoms with van der Waals surface area (Å²) in [6.45, 7) is 2.77. The second-order valence-corrected chi connectivity index (χ2v) is 8.67. The third-order valence-corrected chi connectivity index (χ3v) is 6.62. The number of anilines is 2. The van der Waals surface area contributed by atoms with E-state index in [1.54, 1.807) is 7.11 Å². The van der Waals surface area contributed by atoms with Gasteiger partial charge in [-0.05, 0) is 47.9 Å². The Kier molecular flexibility index (Phi) is 5.68. The predicted octanol–water partition coefficient (Wildman–Crippen LogP) is 5.00. The van der Waals surface area contributed by atoms with Gasteiger partial charge in [0, 0.05) is 12.5 Å². The molecule has 2 aliphatic heterocycles. The van der Waals surface area contributed by atoms with E-state index < -0.39 is 0 Å². The first-order valence-electron chi connectivity index (χ1n) is 11.0. The Morgan fingerprint density at radius 3 is 2.45 bits per heavy atom. The summed E-state index contributed by atoms with van der Waals surface area (Å²) in [7, 11) is 1.64. The fourth-order valence-electron chi connectivity index (χ4n) is 4.59. The van der Waals surface area contributed by atoms with Crippen LogP contribution in [0.4, 0.5) is 11.4 Å². The third-order valence-electron chi connectivity index (χ3n) is 6.30. The fraction of sp³-hybridized carbons (Fsp3) is 0.231. The number of hydrogen-bond acceptors (Lipinski definition) is 5. The number of nitrogens with one attached hydrogen (secondary N) is 1. The number of fused-ring (bicyclic) bond motifs is 1. The highest BCUT2D eigenvalue weighted by Gasteiger charge is 2.40. The summed E-state index contributed by atoms with van der Waals surface area (Å²) in [5.74, 6) is 0.417. The van der Waals surface area contributed by atoms with Gasteiger partial charge >= 0.3 is 0 Å². The van der Waals surface area contributed by atoms with Gasteiger partial charge in [-0.15, -0.1) is 0 Å². The van der Waals surface area contributed by atoms with Crippen molar-refractivity contribution in [2.24, 2.45) is 11.0 Å². The highest BCUT2D eigenvalue weighted by Crippen LogP contribution is 2.42. The summed E-state index contributed by atoms with van der Waals surface area (Å²) >= 11 is 6.53. The van der Waals surface area contributed by atoms with Gasteiger partial charge in [-0.3, -0.25) is 20.2 Å². The molecule has 0 bridgehead atoms. The summed E-state index contributed by atoms with van der Waals surface area (Å²) in [4.78, 5) is 13.4. The van der Waals surface area contributed by atoms with Crippen LogP contribution in [0.3, 0.4) is 0 Å². The number of hydrogen-bond donors (Lipinski definition) is 1. The van der Waals surface area contributed by atoms with E-state index in [0.717, 1.165) is 35.7 Å². The number of carbonyl (C=O) groups is 1. The minimum atomic E-state index is -0.202. The number of hydrazine groups is 1. The molecule has 2 aliphatic rings. The van der Waals surface area contributed by atoms with E-state index in [1.165, 1.54) is 5.56 Å². The van der Waals surface area contributed by atoms with Gasteiger partial charge in [0.05, 0.1) is 29.5 Å². The standard InChI is InChI=1S/C26H25ClN4O2/c1-17-24(26(32)29-30-16-15-18-7-3-5-9-22(18)30)28-31(23-10-6-4-8-21(23)27)25(17)19-11-13-20(33-2)14-12-19/h3-14,17,25H,15-16H2,1-2H3,(H,29,32). The largest absolute Gasteiger partial charge is 0.497 e. The summed E-state index contributed by atoms with van der Waals surface area (Å²) < 4.78 is 5.32. The first kappa shape index (κ1) is 21.3. The highest BCUT2D eigenvalue weighted by molar-refractivity contribution is 6.41. The lowest BCUT2D eigenvalue weighted by Crippen LogP contribution is -2.45. The van der Waals surface area contributed by atoms with E-state index in [2.05, 4.69) is 11.5 Å². The molecule has 7 heteroatoms. The molecule has 5 rings (SSSR count). The summed E-state index contributed by atoms with van der Waals surface area (Å²) in [6.07, 6.45) is 0.901. The van der Waals surface area contributed by atoms with Crippen molar-refractivity contribution in [2.75, 3.05) is 23.7 Å². The van der Waals surface area contributed by atoms with Crippen molar-refractivity contribution in [3.05, 3.63) is 88.9 Å². The van der Waals surface area contributed by atoms with Crippen LogP contribution in [0.25, 0.3) is 0 Å². The Morgan fingerprint density at radius 2 is 1.73 bits per heavy atom. The van der Waals surface area contributed by atoms with Crippen molar-refractivity contribution in [3.8, 4) is 5.75 Å². The number of rotatable bonds is 5. The Bertz CT molecular complexity index is 1210. The smallest absolute Gasteiger partial charge is 0.286 e. The van der Waals surface area contributed by atoms with Gasteiger partial charge < -0.3 is 4.74 Å². The van der Waals surface area contributed by atoms with Crippen LogP contribution in [-0.2, 0) is 11.2 Å². The topological polar surface area (TPSA) is 57.2 Å². The third kappa shape index (κ3) is 3.91. The van der Waals surface area contributed by atoms with Crippen LogP contribution >= 0.6 is 11.6 Å². The maximum absolute atomic E-state index is 13.4. The lowest BCUT2D eigenvalue weighted by Gasteiger charge is -2.27. The molecule has 2 unspecified atom stereocenters. The van der Waals surface area contributed by atoms with E-state index in [0.29, 0.717) is 10.7 Å². The molecule has 33 heavy (non-hydrogen) atoms. The monoisotopic (exact) mass is 460 g/mol. The zero-order valence-corrected chi connectivity index (χ0v) is 19.3. The number of carbonyl (C=O) groups excluding carboxylic acids is 1. The number of nitrogens with zero attached hydrogens (tertiary/aromatic N) is 3. The van der Waals surface area contributed by atoms with Gasteiger partial charge in [0.1, 0.15) is 11.5 Å². The van der Waals surface area contributed by atoms with E-state index >= 15 is 0 Å². The van der Waals surface area contributed by atoms with Crippen molar-refractivity contribution >= 4 is 34.6 Å². The molecule has 0 spiro atoms. The van der Waals surface area contributed by atoms with E-state index in [9.17, 15) is 4.79 Å². The number of benzene rings is 3. The summed E-state index contributed by atoms with van der Waals surface area (Å²) in [5, 5.41) is 9.15. The van der Waals surface area contributed by atoms with Crippen molar-refractivity contribution in [1.82, 2.24) is 5.43 Å². The molecule has 1 N–H and O–H groups in total. The van der Waals surface area contributed by atoms with Crippen LogP contribution in [0.15, 0.2) is 77.9 Å². The number of amides is 1. The van der Waals surface area contributed by atoms with Gasteiger partial charge in [-0.25, -0.2) is 0 Å². The Balaban J connectivity index is 1.47. The van der Waals surface area contributed by atoms with Crippen LogP contribution in [0.2, 0.25) is 5.02 Å². The number of ether oxygens (including phenoxy) is 1. The van der Waals surface area contributed by atoms with Crippen molar-refractivity contribution in [1.29, 1.82) is 0 Å². The van der Waals surface area contributed by atoms with Gasteiger partial charge in [-0.2, -0.15) is 5.10 Å². The molecule has 0 radical (unpaired) electrons. The lowest BCUT2D eigenvalue weighted by molar-refractivity contribution is -0.115. The molecule has 0 aromatic heterocycles. The molecular weight excluding hydrogens is 436 g/mol. The Labute approximate surface area is 198 Å². The van der Waals surface area contributed by atoms with Crippen LogP contribution in [0.1, 0.15) is 24.1 Å². The molecular formula is C26H25ClN4O2. The maximum Gasteiger partial charge on any atom is 0.286 e. The van der Waals surface area contributed by atoms with Crippen LogP contribution in [-0.4, -0.2) is 25.3 Å². The van der Waals surface area contributed by atoms with Crippen LogP contribution < -0.4 is 20.2 Å². The Morgan fingerprint density at radius 1 is 1.03 bits per heavy atom. The SMILES string of the molecule is COc1ccc(C2C(C)C(C(=O)NN3CCc4ccccc43)=NN2c2ccccc2Cl)cc1. The highest BCUT2D eigenvalue weighted by atomic mass is 35.5. The molecule has 0 saturated carbocycles. The van der Waals surface area contributed by atoms with Gasteiger partial charge in [-0.1, -0.05) is 61.0 Å². The average molecular weight is 461 g/mol. The van der Waals surface area contributed by atoms with Crippen LogP contribution in [0, 0.1) is 5.92 Å². The molecule has 0 fully saturated rings. The molecule has 3 aromatic carbocycles. The number of halogens is 1. The summed E-state index contributed by atoms with van der Waals surface area (Å²) in [6, 6.07) is 23.4. The second kappa shape index (κ2) is 8.79. The minimum absolute atomic E-state index is 0.160. The van der Waals surface area contributed by atoms with Gasteiger partial charge in [0.25, 0.3) is 5.91 Å². The van der Waals surface area contributed by atoms with E-state index in [4.69, 9.17) is 21.4 Å². The zero-order chi connectivity index (χ0) is 22.9.